The Morgan fingerprint density at radius 1 is 1.21 bits per heavy atom. The minimum Gasteiger partial charge on any atom is -0.366 e. The fourth-order valence-corrected chi connectivity index (χ4v) is 1.58. The largest absolute Gasteiger partial charge is 0.366 e. The van der Waals surface area contributed by atoms with Crippen molar-refractivity contribution in [3.63, 3.8) is 0 Å². The van der Waals surface area contributed by atoms with Crippen molar-refractivity contribution in [3.05, 3.63) is 36.3 Å². The highest BCUT2D eigenvalue weighted by Gasteiger charge is 2.05. The van der Waals surface area contributed by atoms with E-state index in [-0.39, 0.29) is 6.04 Å². The second-order valence-corrected chi connectivity index (χ2v) is 4.31. The minimum atomic E-state index is 0.164. The van der Waals surface area contributed by atoms with E-state index >= 15 is 0 Å². The summed E-state index contributed by atoms with van der Waals surface area (Å²) in [5.74, 6) is 2.90. The van der Waals surface area contributed by atoms with E-state index in [1.165, 1.54) is 0 Å². The number of nitrogens with zero attached hydrogens (tertiary/aromatic N) is 3. The van der Waals surface area contributed by atoms with Crippen molar-refractivity contribution < 1.29 is 0 Å². The van der Waals surface area contributed by atoms with Crippen LogP contribution in [0.2, 0.25) is 0 Å². The average Bonchev–Trinajstić information content (AvgIpc) is 2.39. The number of nitrogens with one attached hydrogen (secondary N) is 2. The zero-order valence-electron chi connectivity index (χ0n) is 11.1. The lowest BCUT2D eigenvalue weighted by atomic mass is 10.3. The first-order valence-electron chi connectivity index (χ1n) is 6.17. The number of nitrogens with two attached hydrogens (primary N) is 1. The third kappa shape index (κ3) is 3.89. The van der Waals surface area contributed by atoms with Gasteiger partial charge in [0.1, 0.15) is 23.3 Å². The Hall–Kier alpha value is -2.21. The summed E-state index contributed by atoms with van der Waals surface area (Å²) >= 11 is 0. The van der Waals surface area contributed by atoms with E-state index in [4.69, 9.17) is 5.73 Å². The molecule has 0 saturated carbocycles. The third-order valence-corrected chi connectivity index (χ3v) is 2.51. The van der Waals surface area contributed by atoms with E-state index in [0.29, 0.717) is 18.2 Å². The molecule has 0 aromatic carbocycles. The first kappa shape index (κ1) is 13.2. The van der Waals surface area contributed by atoms with Crippen LogP contribution in [-0.4, -0.2) is 27.5 Å². The highest BCUT2D eigenvalue weighted by molar-refractivity contribution is 5.56. The maximum absolute atomic E-state index is 5.59. The second-order valence-electron chi connectivity index (χ2n) is 4.31. The molecular formula is C13H18N6. The SMILES string of the molecule is Cc1nc(Nc2ccccn2)cc(NC(C)CN)n1. The van der Waals surface area contributed by atoms with Gasteiger partial charge in [0.25, 0.3) is 0 Å². The van der Waals surface area contributed by atoms with Crippen molar-refractivity contribution in [2.24, 2.45) is 5.73 Å². The summed E-state index contributed by atoms with van der Waals surface area (Å²) in [6.45, 7) is 4.40. The summed E-state index contributed by atoms with van der Waals surface area (Å²) in [5.41, 5.74) is 5.59. The Balaban J connectivity index is 2.17. The van der Waals surface area contributed by atoms with Crippen molar-refractivity contribution in [1.29, 1.82) is 0 Å². The van der Waals surface area contributed by atoms with Gasteiger partial charge < -0.3 is 16.4 Å². The summed E-state index contributed by atoms with van der Waals surface area (Å²) in [6, 6.07) is 7.67. The molecule has 0 saturated heterocycles. The van der Waals surface area contributed by atoms with Gasteiger partial charge in [0.05, 0.1) is 0 Å². The van der Waals surface area contributed by atoms with Crippen LogP contribution < -0.4 is 16.4 Å². The van der Waals surface area contributed by atoms with Gasteiger partial charge in [-0.1, -0.05) is 6.07 Å². The van der Waals surface area contributed by atoms with Crippen molar-refractivity contribution >= 4 is 17.5 Å². The zero-order valence-corrected chi connectivity index (χ0v) is 11.1. The number of hydrogen-bond acceptors (Lipinski definition) is 6. The fourth-order valence-electron chi connectivity index (χ4n) is 1.58. The van der Waals surface area contributed by atoms with Crippen molar-refractivity contribution in [1.82, 2.24) is 15.0 Å². The van der Waals surface area contributed by atoms with Gasteiger partial charge in [-0.15, -0.1) is 0 Å². The summed E-state index contributed by atoms with van der Waals surface area (Å²) in [5, 5.41) is 6.36. The smallest absolute Gasteiger partial charge is 0.137 e. The van der Waals surface area contributed by atoms with Crippen LogP contribution in [0.4, 0.5) is 17.5 Å². The number of rotatable bonds is 5. The van der Waals surface area contributed by atoms with Crippen LogP contribution >= 0.6 is 0 Å². The molecule has 4 N–H and O–H groups in total. The molecule has 1 unspecified atom stereocenters. The lowest BCUT2D eigenvalue weighted by Gasteiger charge is -2.13. The van der Waals surface area contributed by atoms with Gasteiger partial charge in [0, 0.05) is 24.8 Å². The molecule has 0 aliphatic rings. The van der Waals surface area contributed by atoms with E-state index in [1.807, 2.05) is 38.1 Å². The standard InChI is InChI=1S/C13H18N6/c1-9(8-14)16-12-7-13(18-10(2)17-12)19-11-5-3-4-6-15-11/h3-7,9H,8,14H2,1-2H3,(H2,15,16,17,18,19). The Morgan fingerprint density at radius 3 is 2.68 bits per heavy atom. The van der Waals surface area contributed by atoms with Crippen LogP contribution in [0, 0.1) is 6.92 Å². The van der Waals surface area contributed by atoms with E-state index in [0.717, 1.165) is 11.6 Å². The van der Waals surface area contributed by atoms with E-state index < -0.39 is 0 Å². The molecule has 6 heteroatoms. The van der Waals surface area contributed by atoms with E-state index in [9.17, 15) is 0 Å². The van der Waals surface area contributed by atoms with Gasteiger partial charge in [0.15, 0.2) is 0 Å². The zero-order chi connectivity index (χ0) is 13.7. The Labute approximate surface area is 112 Å². The van der Waals surface area contributed by atoms with Gasteiger partial charge in [-0.05, 0) is 26.0 Å². The molecule has 0 radical (unpaired) electrons. The van der Waals surface area contributed by atoms with Gasteiger partial charge in [-0.2, -0.15) is 0 Å². The summed E-state index contributed by atoms with van der Waals surface area (Å²) in [7, 11) is 0. The molecule has 19 heavy (non-hydrogen) atoms. The molecule has 0 amide bonds. The molecular weight excluding hydrogens is 240 g/mol. The van der Waals surface area contributed by atoms with Gasteiger partial charge >= 0.3 is 0 Å². The summed E-state index contributed by atoms with van der Waals surface area (Å²) in [6.07, 6.45) is 1.73. The molecule has 0 bridgehead atoms. The molecule has 1 atom stereocenters. The van der Waals surface area contributed by atoms with Crippen LogP contribution in [0.25, 0.3) is 0 Å². The fraction of sp³-hybridized carbons (Fsp3) is 0.308. The van der Waals surface area contributed by atoms with Gasteiger partial charge in [-0.3, -0.25) is 0 Å². The molecule has 2 aromatic rings. The summed E-state index contributed by atoms with van der Waals surface area (Å²) < 4.78 is 0. The Bertz CT molecular complexity index is 528. The van der Waals surface area contributed by atoms with Crippen LogP contribution in [0.15, 0.2) is 30.5 Å². The number of anilines is 3. The van der Waals surface area contributed by atoms with E-state index in [1.54, 1.807) is 6.20 Å². The molecule has 2 heterocycles. The predicted octanol–water partition coefficient (Wildman–Crippen LogP) is 1.68. The normalized spacial score (nSPS) is 11.9. The monoisotopic (exact) mass is 258 g/mol. The highest BCUT2D eigenvalue weighted by atomic mass is 15.1. The summed E-state index contributed by atoms with van der Waals surface area (Å²) in [4.78, 5) is 12.9. The quantitative estimate of drug-likeness (QED) is 0.756. The van der Waals surface area contributed by atoms with Crippen molar-refractivity contribution in [2.45, 2.75) is 19.9 Å². The lowest BCUT2D eigenvalue weighted by Crippen LogP contribution is -2.25. The Kier molecular flexibility index (Phi) is 4.25. The van der Waals surface area contributed by atoms with Gasteiger partial charge in [0.2, 0.25) is 0 Å². The van der Waals surface area contributed by atoms with E-state index in [2.05, 4.69) is 25.6 Å². The highest BCUT2D eigenvalue weighted by Crippen LogP contribution is 2.15. The molecule has 2 aromatic heterocycles. The molecule has 0 aliphatic heterocycles. The first-order valence-corrected chi connectivity index (χ1v) is 6.17. The lowest BCUT2D eigenvalue weighted by molar-refractivity contribution is 0.795. The molecule has 100 valence electrons. The van der Waals surface area contributed by atoms with Crippen molar-refractivity contribution in [3.8, 4) is 0 Å². The van der Waals surface area contributed by atoms with Gasteiger partial charge in [-0.25, -0.2) is 15.0 Å². The molecule has 6 nitrogen and oxygen atoms in total. The Morgan fingerprint density at radius 2 is 2.00 bits per heavy atom. The number of hydrogen-bond donors (Lipinski definition) is 3. The second kappa shape index (κ2) is 6.10. The predicted molar refractivity (Wildman–Crippen MR) is 76.4 cm³/mol. The van der Waals surface area contributed by atoms with Crippen LogP contribution in [0.3, 0.4) is 0 Å². The first-order chi connectivity index (χ1) is 9.17. The average molecular weight is 258 g/mol. The topological polar surface area (TPSA) is 88.8 Å². The number of pyridine rings is 1. The van der Waals surface area contributed by atoms with Crippen LogP contribution in [0.5, 0.6) is 0 Å². The molecule has 0 spiro atoms. The maximum Gasteiger partial charge on any atom is 0.137 e. The molecule has 2 rings (SSSR count). The van der Waals surface area contributed by atoms with Crippen LogP contribution in [0.1, 0.15) is 12.7 Å². The minimum absolute atomic E-state index is 0.164. The van der Waals surface area contributed by atoms with Crippen LogP contribution in [-0.2, 0) is 0 Å². The third-order valence-electron chi connectivity index (χ3n) is 2.51. The maximum atomic E-state index is 5.59. The molecule has 0 fully saturated rings. The number of aromatic nitrogens is 3. The van der Waals surface area contributed by atoms with Crippen molar-refractivity contribution in [2.75, 3.05) is 17.2 Å². The number of aryl methyl sites for hydroxylation is 1. The molecule has 0 aliphatic carbocycles.